The van der Waals surface area contributed by atoms with Gasteiger partial charge in [-0.05, 0) is 48.9 Å². The first kappa shape index (κ1) is 16.8. The molecule has 0 aliphatic rings. The van der Waals surface area contributed by atoms with Gasteiger partial charge in [-0.25, -0.2) is 4.98 Å². The van der Waals surface area contributed by atoms with E-state index in [2.05, 4.69) is 15.3 Å². The van der Waals surface area contributed by atoms with Gasteiger partial charge < -0.3 is 15.0 Å². The maximum atomic E-state index is 12.6. The van der Waals surface area contributed by atoms with Crippen LogP contribution in [0.5, 0.6) is 5.75 Å². The van der Waals surface area contributed by atoms with E-state index in [1.54, 1.807) is 19.2 Å². The summed E-state index contributed by atoms with van der Waals surface area (Å²) in [6.45, 7) is 1.97. The summed E-state index contributed by atoms with van der Waals surface area (Å²) in [5.41, 5.74) is 5.10. The van der Waals surface area contributed by atoms with Gasteiger partial charge in [-0.1, -0.05) is 30.3 Å². The number of methoxy groups -OCH3 is 1. The molecule has 0 aliphatic carbocycles. The molecule has 5 nitrogen and oxygen atoms in total. The highest BCUT2D eigenvalue weighted by atomic mass is 16.5. The highest BCUT2D eigenvalue weighted by Crippen LogP contribution is 2.26. The van der Waals surface area contributed by atoms with Crippen LogP contribution in [0.25, 0.3) is 22.4 Å². The number of aromatic amines is 1. The fourth-order valence-electron chi connectivity index (χ4n) is 2.98. The molecule has 1 aromatic heterocycles. The number of nitrogens with one attached hydrogen (secondary N) is 2. The number of para-hydroxylation sites is 2. The smallest absolute Gasteiger partial charge is 0.255 e. The summed E-state index contributed by atoms with van der Waals surface area (Å²) >= 11 is 0. The van der Waals surface area contributed by atoms with Crippen molar-refractivity contribution in [2.75, 3.05) is 12.4 Å². The number of imidazole rings is 1. The zero-order chi connectivity index (χ0) is 18.8. The van der Waals surface area contributed by atoms with E-state index in [1.807, 2.05) is 61.5 Å². The van der Waals surface area contributed by atoms with Crippen molar-refractivity contribution in [2.45, 2.75) is 6.92 Å². The largest absolute Gasteiger partial charge is 0.495 e. The van der Waals surface area contributed by atoms with Crippen molar-refractivity contribution >= 4 is 22.6 Å². The first-order valence-corrected chi connectivity index (χ1v) is 8.65. The molecule has 0 bridgehead atoms. The van der Waals surface area contributed by atoms with E-state index in [0.29, 0.717) is 17.0 Å². The lowest BCUT2D eigenvalue weighted by molar-refractivity contribution is 0.102. The van der Waals surface area contributed by atoms with Crippen molar-refractivity contribution in [3.63, 3.8) is 0 Å². The molecule has 0 saturated heterocycles. The SMILES string of the molecule is COc1ccc(C)cc1NC(=O)c1ccc(-c2nc3ccccc3[nH]2)cc1. The van der Waals surface area contributed by atoms with Gasteiger partial charge in [0.2, 0.25) is 0 Å². The molecule has 0 aliphatic heterocycles. The number of hydrogen-bond acceptors (Lipinski definition) is 3. The molecule has 4 rings (SSSR count). The zero-order valence-electron chi connectivity index (χ0n) is 15.1. The third-order valence-corrected chi connectivity index (χ3v) is 4.41. The van der Waals surface area contributed by atoms with Crippen molar-refractivity contribution in [2.24, 2.45) is 0 Å². The number of H-pyrrole nitrogens is 1. The molecule has 3 aromatic carbocycles. The van der Waals surface area contributed by atoms with Crippen LogP contribution in [0.15, 0.2) is 66.7 Å². The molecule has 0 spiro atoms. The van der Waals surface area contributed by atoms with Crippen LogP contribution in [0, 0.1) is 6.92 Å². The fourth-order valence-corrected chi connectivity index (χ4v) is 2.98. The lowest BCUT2D eigenvalue weighted by Gasteiger charge is -2.11. The Kier molecular flexibility index (Phi) is 4.34. The number of nitrogens with zero attached hydrogens (tertiary/aromatic N) is 1. The monoisotopic (exact) mass is 357 g/mol. The van der Waals surface area contributed by atoms with Gasteiger partial charge >= 0.3 is 0 Å². The van der Waals surface area contributed by atoms with Crippen molar-refractivity contribution < 1.29 is 9.53 Å². The molecule has 0 radical (unpaired) electrons. The van der Waals surface area contributed by atoms with Gasteiger partial charge in [-0.2, -0.15) is 0 Å². The summed E-state index contributed by atoms with van der Waals surface area (Å²) in [6.07, 6.45) is 0. The van der Waals surface area contributed by atoms with E-state index in [9.17, 15) is 4.79 Å². The van der Waals surface area contributed by atoms with Gasteiger partial charge in [0.25, 0.3) is 5.91 Å². The van der Waals surface area contributed by atoms with E-state index in [-0.39, 0.29) is 5.91 Å². The molecule has 1 heterocycles. The molecule has 134 valence electrons. The number of aryl methyl sites for hydroxylation is 1. The predicted octanol–water partition coefficient (Wildman–Crippen LogP) is 4.80. The van der Waals surface area contributed by atoms with Gasteiger partial charge in [0.05, 0.1) is 23.8 Å². The Morgan fingerprint density at radius 3 is 2.56 bits per heavy atom. The van der Waals surface area contributed by atoms with Gasteiger partial charge in [-0.15, -0.1) is 0 Å². The second-order valence-corrected chi connectivity index (χ2v) is 6.34. The van der Waals surface area contributed by atoms with E-state index in [1.165, 1.54) is 0 Å². The summed E-state index contributed by atoms with van der Waals surface area (Å²) in [6, 6.07) is 20.9. The molecule has 4 aromatic rings. The third kappa shape index (κ3) is 3.40. The Morgan fingerprint density at radius 2 is 1.81 bits per heavy atom. The lowest BCUT2D eigenvalue weighted by atomic mass is 10.1. The molecular weight excluding hydrogens is 338 g/mol. The lowest BCUT2D eigenvalue weighted by Crippen LogP contribution is -2.12. The third-order valence-electron chi connectivity index (χ3n) is 4.41. The van der Waals surface area contributed by atoms with Crippen LogP contribution >= 0.6 is 0 Å². The summed E-state index contributed by atoms with van der Waals surface area (Å²) in [7, 11) is 1.59. The van der Waals surface area contributed by atoms with Crippen LogP contribution in [0.3, 0.4) is 0 Å². The van der Waals surface area contributed by atoms with E-state index < -0.39 is 0 Å². The van der Waals surface area contributed by atoms with E-state index >= 15 is 0 Å². The first-order chi connectivity index (χ1) is 13.1. The normalized spacial score (nSPS) is 10.7. The molecule has 0 fully saturated rings. The second-order valence-electron chi connectivity index (χ2n) is 6.34. The molecule has 0 saturated carbocycles. The van der Waals surface area contributed by atoms with Crippen LogP contribution in [0.4, 0.5) is 5.69 Å². The van der Waals surface area contributed by atoms with Gasteiger partial charge in [-0.3, -0.25) is 4.79 Å². The van der Waals surface area contributed by atoms with Crippen molar-refractivity contribution in [3.05, 3.63) is 77.9 Å². The van der Waals surface area contributed by atoms with Gasteiger partial charge in [0.1, 0.15) is 11.6 Å². The number of carbonyl (C=O) groups is 1. The number of ether oxygens (including phenoxy) is 1. The summed E-state index contributed by atoms with van der Waals surface area (Å²) in [5.74, 6) is 1.23. The topological polar surface area (TPSA) is 67.0 Å². The van der Waals surface area contributed by atoms with E-state index in [4.69, 9.17) is 4.74 Å². The second kappa shape index (κ2) is 6.96. The Morgan fingerprint density at radius 1 is 1.04 bits per heavy atom. The quantitative estimate of drug-likeness (QED) is 0.551. The number of amides is 1. The zero-order valence-corrected chi connectivity index (χ0v) is 15.1. The van der Waals surface area contributed by atoms with Crippen LogP contribution < -0.4 is 10.1 Å². The highest BCUT2D eigenvalue weighted by molar-refractivity contribution is 6.05. The van der Waals surface area contributed by atoms with Crippen molar-refractivity contribution in [1.82, 2.24) is 9.97 Å². The average Bonchev–Trinajstić information content (AvgIpc) is 3.12. The number of carbonyl (C=O) groups excluding carboxylic acids is 1. The van der Waals surface area contributed by atoms with Crippen LogP contribution in [-0.2, 0) is 0 Å². The van der Waals surface area contributed by atoms with Crippen LogP contribution in [0.2, 0.25) is 0 Å². The summed E-state index contributed by atoms with van der Waals surface area (Å²) in [4.78, 5) is 20.5. The average molecular weight is 357 g/mol. The van der Waals surface area contributed by atoms with E-state index in [0.717, 1.165) is 28.0 Å². The standard InChI is InChI=1S/C22H19N3O2/c1-14-7-12-20(27-2)19(13-14)25-22(26)16-10-8-15(9-11-16)21-23-17-5-3-4-6-18(17)24-21/h3-13H,1-2H3,(H,23,24)(H,25,26). The Balaban J connectivity index is 1.57. The minimum absolute atomic E-state index is 0.185. The van der Waals surface area contributed by atoms with Crippen LogP contribution in [0.1, 0.15) is 15.9 Å². The molecular formula is C22H19N3O2. The van der Waals surface area contributed by atoms with Gasteiger partial charge in [0.15, 0.2) is 0 Å². The number of anilines is 1. The van der Waals surface area contributed by atoms with Crippen LogP contribution in [-0.4, -0.2) is 23.0 Å². The molecule has 5 heteroatoms. The number of fused-ring (bicyclic) bond motifs is 1. The molecule has 1 amide bonds. The maximum Gasteiger partial charge on any atom is 0.255 e. The number of aromatic nitrogens is 2. The Labute approximate surface area is 157 Å². The predicted molar refractivity (Wildman–Crippen MR) is 107 cm³/mol. The summed E-state index contributed by atoms with van der Waals surface area (Å²) < 4.78 is 5.32. The number of rotatable bonds is 4. The maximum absolute atomic E-state index is 12.6. The highest BCUT2D eigenvalue weighted by Gasteiger charge is 2.11. The Bertz CT molecular complexity index is 1080. The van der Waals surface area contributed by atoms with Crippen molar-refractivity contribution in [3.8, 4) is 17.1 Å². The molecule has 2 N–H and O–H groups in total. The fraction of sp³-hybridized carbons (Fsp3) is 0.0909. The molecule has 27 heavy (non-hydrogen) atoms. The molecule has 0 unspecified atom stereocenters. The first-order valence-electron chi connectivity index (χ1n) is 8.65. The summed E-state index contributed by atoms with van der Waals surface area (Å²) in [5, 5.41) is 2.91. The Hall–Kier alpha value is -3.60. The number of hydrogen-bond donors (Lipinski definition) is 2. The minimum atomic E-state index is -0.185. The van der Waals surface area contributed by atoms with Crippen molar-refractivity contribution in [1.29, 1.82) is 0 Å². The molecule has 0 atom stereocenters. The number of benzene rings is 3. The minimum Gasteiger partial charge on any atom is -0.495 e. The van der Waals surface area contributed by atoms with Gasteiger partial charge in [0, 0.05) is 11.1 Å².